The Kier molecular flexibility index (Phi) is 11.0. The Bertz CT molecular complexity index is 896. The van der Waals surface area contributed by atoms with E-state index in [4.69, 9.17) is 10.5 Å². The summed E-state index contributed by atoms with van der Waals surface area (Å²) in [5.74, 6) is -1.70. The van der Waals surface area contributed by atoms with E-state index >= 15 is 0 Å². The number of rotatable bonds is 11. The molecule has 0 aliphatic rings. The van der Waals surface area contributed by atoms with Gasteiger partial charge < -0.3 is 31.1 Å². The van der Waals surface area contributed by atoms with Crippen molar-refractivity contribution in [3.8, 4) is 5.75 Å². The van der Waals surface area contributed by atoms with Gasteiger partial charge in [-0.15, -0.1) is 0 Å². The summed E-state index contributed by atoms with van der Waals surface area (Å²) < 4.78 is 5.30. The molecule has 196 valence electrons. The summed E-state index contributed by atoms with van der Waals surface area (Å²) in [4.78, 5) is 52.6. The zero-order valence-electron chi connectivity index (χ0n) is 21.8. The van der Waals surface area contributed by atoms with Crippen molar-refractivity contribution >= 4 is 23.8 Å². The second-order valence-electron chi connectivity index (χ2n) is 9.87. The molecule has 0 saturated carbocycles. The van der Waals surface area contributed by atoms with Gasteiger partial charge >= 0.3 is 6.09 Å². The van der Waals surface area contributed by atoms with E-state index < -0.39 is 47.5 Å². The van der Waals surface area contributed by atoms with Crippen molar-refractivity contribution in [3.05, 3.63) is 29.8 Å². The summed E-state index contributed by atoms with van der Waals surface area (Å²) in [5.41, 5.74) is 4.91. The fraction of sp³-hybridized carbons (Fsp3) is 0.600. The van der Waals surface area contributed by atoms with Crippen molar-refractivity contribution in [3.63, 3.8) is 0 Å². The highest BCUT2D eigenvalue weighted by Crippen LogP contribution is 2.29. The van der Waals surface area contributed by atoms with E-state index in [1.807, 2.05) is 6.92 Å². The Morgan fingerprint density at radius 1 is 1.11 bits per heavy atom. The van der Waals surface area contributed by atoms with E-state index in [2.05, 4.69) is 10.6 Å². The number of nitrogens with two attached hydrogens (primary N) is 1. The molecule has 1 rings (SSSR count). The zero-order valence-corrected chi connectivity index (χ0v) is 21.8. The molecule has 0 spiro atoms. The van der Waals surface area contributed by atoms with Crippen molar-refractivity contribution in [1.82, 2.24) is 15.5 Å². The first-order valence-corrected chi connectivity index (χ1v) is 11.9. The molecule has 10 nitrogen and oxygen atoms in total. The molecule has 0 aliphatic carbocycles. The van der Waals surface area contributed by atoms with Crippen LogP contribution in [0.4, 0.5) is 4.79 Å². The number of nitrogens with zero attached hydrogens (tertiary/aromatic N) is 1. The van der Waals surface area contributed by atoms with Gasteiger partial charge in [-0.2, -0.15) is 0 Å². The average Bonchev–Trinajstić information content (AvgIpc) is 2.71. The van der Waals surface area contributed by atoms with Crippen molar-refractivity contribution in [1.29, 1.82) is 0 Å². The molecule has 4 amide bonds. The minimum absolute atomic E-state index is 0.0569. The van der Waals surface area contributed by atoms with Crippen LogP contribution in [0.5, 0.6) is 5.75 Å². The fourth-order valence-corrected chi connectivity index (χ4v) is 3.47. The summed E-state index contributed by atoms with van der Waals surface area (Å²) in [6.45, 7) is 12.3. The topological polar surface area (TPSA) is 151 Å². The molecular formula is C25H40N4O6. The highest BCUT2D eigenvalue weighted by Gasteiger charge is 2.38. The van der Waals surface area contributed by atoms with Crippen LogP contribution in [0.1, 0.15) is 79.3 Å². The van der Waals surface area contributed by atoms with E-state index in [0.717, 1.165) is 0 Å². The number of primary amides is 1. The number of alkyl carbamates (subject to hydrolysis) is 1. The van der Waals surface area contributed by atoms with Gasteiger partial charge in [-0.1, -0.05) is 19.1 Å². The first-order valence-electron chi connectivity index (χ1n) is 11.9. The number of aromatic hydroxyl groups is 1. The first kappa shape index (κ1) is 29.7. The molecule has 5 N–H and O–H groups in total. The van der Waals surface area contributed by atoms with Crippen LogP contribution in [0, 0.1) is 0 Å². The second kappa shape index (κ2) is 13.0. The lowest BCUT2D eigenvalue weighted by Gasteiger charge is -2.38. The number of carbonyl (C=O) groups is 4. The molecule has 3 unspecified atom stereocenters. The second-order valence-corrected chi connectivity index (χ2v) is 9.87. The van der Waals surface area contributed by atoms with E-state index in [9.17, 15) is 24.3 Å². The van der Waals surface area contributed by atoms with E-state index in [1.165, 1.54) is 17.0 Å². The third-order valence-electron chi connectivity index (χ3n) is 5.13. The van der Waals surface area contributed by atoms with Gasteiger partial charge in [-0.3, -0.25) is 14.4 Å². The minimum Gasteiger partial charge on any atom is -0.508 e. The molecule has 10 heteroatoms. The number of hydrogen-bond donors (Lipinski definition) is 4. The first-order chi connectivity index (χ1) is 16.2. The Labute approximate surface area is 207 Å². The predicted octanol–water partition coefficient (Wildman–Crippen LogP) is 2.74. The molecule has 0 radical (unpaired) electrons. The van der Waals surface area contributed by atoms with Crippen LogP contribution >= 0.6 is 0 Å². The number of benzene rings is 1. The fourth-order valence-electron chi connectivity index (χ4n) is 3.47. The van der Waals surface area contributed by atoms with Crippen molar-refractivity contribution in [2.24, 2.45) is 5.73 Å². The molecule has 0 bridgehead atoms. The number of hydrogen-bond acceptors (Lipinski definition) is 6. The van der Waals surface area contributed by atoms with Crippen LogP contribution in [0.3, 0.4) is 0 Å². The van der Waals surface area contributed by atoms with E-state index in [-0.39, 0.29) is 24.6 Å². The Balaban J connectivity index is 3.52. The maximum atomic E-state index is 13.9. The van der Waals surface area contributed by atoms with Crippen LogP contribution in [0.15, 0.2) is 24.3 Å². The normalized spacial score (nSPS) is 13.9. The van der Waals surface area contributed by atoms with E-state index in [0.29, 0.717) is 12.0 Å². The molecule has 0 aliphatic heterocycles. The van der Waals surface area contributed by atoms with Crippen LogP contribution < -0.4 is 16.4 Å². The van der Waals surface area contributed by atoms with Crippen molar-refractivity contribution in [2.75, 3.05) is 0 Å². The maximum absolute atomic E-state index is 13.9. The Morgan fingerprint density at radius 2 is 1.74 bits per heavy atom. The summed E-state index contributed by atoms with van der Waals surface area (Å²) >= 11 is 0. The molecule has 0 saturated heterocycles. The van der Waals surface area contributed by atoms with Gasteiger partial charge in [0.15, 0.2) is 0 Å². The monoisotopic (exact) mass is 492 g/mol. The lowest BCUT2D eigenvalue weighted by Crippen LogP contribution is -2.56. The average molecular weight is 493 g/mol. The molecule has 0 heterocycles. The zero-order chi connectivity index (χ0) is 26.9. The molecule has 0 fully saturated rings. The van der Waals surface area contributed by atoms with Gasteiger partial charge in [0.2, 0.25) is 17.7 Å². The van der Waals surface area contributed by atoms with Gasteiger partial charge in [-0.25, -0.2) is 4.79 Å². The van der Waals surface area contributed by atoms with Gasteiger partial charge in [-0.05, 0) is 72.1 Å². The SMILES string of the molecule is CCC(C)N(C(=O)C(CCC(N)=O)NC(=O)OC(C)(C)C)C(C(=O)NC(C)C)c1cccc(O)c1. The molecule has 0 aromatic heterocycles. The Morgan fingerprint density at radius 3 is 2.23 bits per heavy atom. The molecular weight excluding hydrogens is 452 g/mol. The van der Waals surface area contributed by atoms with Crippen LogP contribution in [-0.2, 0) is 19.1 Å². The molecule has 3 atom stereocenters. The summed E-state index contributed by atoms with van der Waals surface area (Å²) in [5, 5.41) is 15.4. The lowest BCUT2D eigenvalue weighted by molar-refractivity contribution is -0.145. The van der Waals surface area contributed by atoms with Crippen molar-refractivity contribution < 1.29 is 29.0 Å². The van der Waals surface area contributed by atoms with Crippen LogP contribution in [0.2, 0.25) is 0 Å². The van der Waals surface area contributed by atoms with Gasteiger partial charge in [0.25, 0.3) is 0 Å². The van der Waals surface area contributed by atoms with Crippen LogP contribution in [0.25, 0.3) is 0 Å². The predicted molar refractivity (Wildman–Crippen MR) is 132 cm³/mol. The summed E-state index contributed by atoms with van der Waals surface area (Å²) in [7, 11) is 0. The standard InChI is InChI=1S/C25H40N4O6/c1-8-16(4)29(21(22(32)27-15(2)3)17-10-9-11-18(30)14-17)23(33)19(12-13-20(26)31)28-24(34)35-25(5,6)7/h9-11,14-16,19,21,30H,8,12-13H2,1-7H3,(H2,26,31)(H,27,32)(H,28,34). The molecule has 1 aromatic carbocycles. The third-order valence-corrected chi connectivity index (χ3v) is 5.13. The third kappa shape index (κ3) is 9.84. The lowest BCUT2D eigenvalue weighted by atomic mass is 9.98. The van der Waals surface area contributed by atoms with Crippen molar-refractivity contribution in [2.45, 2.75) is 97.5 Å². The van der Waals surface area contributed by atoms with Gasteiger partial charge in [0, 0.05) is 18.5 Å². The minimum atomic E-state index is -1.17. The van der Waals surface area contributed by atoms with Crippen LogP contribution in [-0.4, -0.2) is 57.5 Å². The molecule has 1 aromatic rings. The summed E-state index contributed by atoms with van der Waals surface area (Å²) in [6.07, 6.45) is -0.552. The number of carbonyl (C=O) groups excluding carboxylic acids is 4. The number of amides is 4. The smallest absolute Gasteiger partial charge is 0.408 e. The number of nitrogens with one attached hydrogen (secondary N) is 2. The maximum Gasteiger partial charge on any atom is 0.408 e. The van der Waals surface area contributed by atoms with E-state index in [1.54, 1.807) is 53.7 Å². The Hall–Kier alpha value is -3.30. The quantitative estimate of drug-likeness (QED) is 0.373. The highest BCUT2D eigenvalue weighted by atomic mass is 16.6. The highest BCUT2D eigenvalue weighted by molar-refractivity contribution is 5.92. The largest absolute Gasteiger partial charge is 0.508 e. The number of phenols is 1. The van der Waals surface area contributed by atoms with Gasteiger partial charge in [0.05, 0.1) is 0 Å². The molecule has 35 heavy (non-hydrogen) atoms. The van der Waals surface area contributed by atoms with Gasteiger partial charge in [0.1, 0.15) is 23.4 Å². The number of phenolic OH excluding ortho intramolecular Hbond substituents is 1. The number of ether oxygens (including phenoxy) is 1. The summed E-state index contributed by atoms with van der Waals surface area (Å²) in [6, 6.07) is 3.23.